The summed E-state index contributed by atoms with van der Waals surface area (Å²) in [6, 6.07) is 28.6. The van der Waals surface area contributed by atoms with Gasteiger partial charge in [-0.25, -0.2) is 14.8 Å². The minimum absolute atomic E-state index is 0.273. The predicted octanol–water partition coefficient (Wildman–Crippen LogP) is 6.19. The van der Waals surface area contributed by atoms with Crippen LogP contribution in [0.25, 0.3) is 22.7 Å². The normalized spacial score (nSPS) is 10.7. The molecule has 3 aromatic carbocycles. The minimum Gasteiger partial charge on any atom is -0.418 e. The number of fused-ring (bicyclic) bond motifs is 1. The van der Waals surface area contributed by atoms with E-state index in [2.05, 4.69) is 25.9 Å². The number of nitrogens with one attached hydrogen (secondary N) is 3. The highest BCUT2D eigenvalue weighted by Crippen LogP contribution is 2.27. The topological polar surface area (TPSA) is 92.1 Å². The number of amides is 2. The number of hydrogen-bond acceptors (Lipinski definition) is 5. The fraction of sp³-hybridized carbons (Fsp3) is 0.0741. The number of urea groups is 1. The molecule has 0 unspecified atom stereocenters. The van der Waals surface area contributed by atoms with Gasteiger partial charge in [0.05, 0.1) is 5.69 Å². The van der Waals surface area contributed by atoms with Crippen LogP contribution in [0.2, 0.25) is 0 Å². The number of carbonyl (C=O) groups excluding carboxylic acids is 1. The van der Waals surface area contributed by atoms with E-state index in [1.165, 1.54) is 0 Å². The molecule has 0 saturated carbocycles. The number of oxazole rings is 1. The van der Waals surface area contributed by atoms with Gasteiger partial charge in [-0.3, -0.25) is 0 Å². The molecule has 0 atom stereocenters. The number of nitrogens with zero attached hydrogens (tertiary/aromatic N) is 2. The number of aromatic nitrogens is 2. The molecule has 2 amide bonds. The molecule has 0 fully saturated rings. The van der Waals surface area contributed by atoms with Crippen LogP contribution in [-0.2, 0) is 6.42 Å². The third-order valence-electron chi connectivity index (χ3n) is 5.29. The Hall–Kier alpha value is -4.65. The quantitative estimate of drug-likeness (QED) is 0.276. The second-order valence-electron chi connectivity index (χ2n) is 7.72. The van der Waals surface area contributed by atoms with Crippen molar-refractivity contribution in [1.29, 1.82) is 0 Å². The highest BCUT2D eigenvalue weighted by molar-refractivity contribution is 5.99. The molecule has 0 aliphatic carbocycles. The molecule has 2 heterocycles. The van der Waals surface area contributed by atoms with Gasteiger partial charge in [-0.05, 0) is 54.4 Å². The third kappa shape index (κ3) is 5.05. The van der Waals surface area contributed by atoms with Gasteiger partial charge in [-0.1, -0.05) is 48.5 Å². The maximum atomic E-state index is 12.1. The van der Waals surface area contributed by atoms with Crippen LogP contribution in [0.1, 0.15) is 5.56 Å². The van der Waals surface area contributed by atoms with Gasteiger partial charge >= 0.3 is 6.03 Å². The molecule has 3 N–H and O–H groups in total. The van der Waals surface area contributed by atoms with Crippen LogP contribution in [0, 0.1) is 0 Å². The number of para-hydroxylation sites is 1. The van der Waals surface area contributed by atoms with Crippen molar-refractivity contribution in [2.24, 2.45) is 0 Å². The van der Waals surface area contributed by atoms with E-state index in [-0.39, 0.29) is 6.03 Å². The smallest absolute Gasteiger partial charge is 0.323 e. The number of carbonyl (C=O) groups is 1. The highest BCUT2D eigenvalue weighted by Gasteiger charge is 2.12. The van der Waals surface area contributed by atoms with Crippen molar-refractivity contribution < 1.29 is 9.21 Å². The van der Waals surface area contributed by atoms with Crippen LogP contribution in [0.3, 0.4) is 0 Å². The molecule has 34 heavy (non-hydrogen) atoms. The molecule has 7 nitrogen and oxygen atoms in total. The lowest BCUT2D eigenvalue weighted by Crippen LogP contribution is -2.19. The summed E-state index contributed by atoms with van der Waals surface area (Å²) in [7, 11) is 0. The van der Waals surface area contributed by atoms with E-state index in [0.717, 1.165) is 34.6 Å². The summed E-state index contributed by atoms with van der Waals surface area (Å²) < 4.78 is 5.84. The molecular weight excluding hydrogens is 426 g/mol. The summed E-state index contributed by atoms with van der Waals surface area (Å²) >= 11 is 0. The van der Waals surface area contributed by atoms with Gasteiger partial charge < -0.3 is 20.4 Å². The highest BCUT2D eigenvalue weighted by atomic mass is 16.4. The van der Waals surface area contributed by atoms with Crippen LogP contribution in [0.4, 0.5) is 21.9 Å². The van der Waals surface area contributed by atoms with Crippen LogP contribution in [-0.4, -0.2) is 22.5 Å². The van der Waals surface area contributed by atoms with Crippen molar-refractivity contribution in [2.75, 3.05) is 22.5 Å². The van der Waals surface area contributed by atoms with Crippen molar-refractivity contribution >= 4 is 34.3 Å². The SMILES string of the molecule is O=C(Nc1ccccc1)Nc1ccc(CCNc2ccnc3oc(-c4ccccc4)nc23)cc1. The van der Waals surface area contributed by atoms with E-state index in [4.69, 9.17) is 4.42 Å². The molecule has 0 aliphatic rings. The number of rotatable bonds is 7. The minimum atomic E-state index is -0.273. The Morgan fingerprint density at radius 2 is 1.47 bits per heavy atom. The number of benzene rings is 3. The van der Waals surface area contributed by atoms with E-state index >= 15 is 0 Å². The molecule has 5 aromatic rings. The molecule has 168 valence electrons. The third-order valence-corrected chi connectivity index (χ3v) is 5.29. The summed E-state index contributed by atoms with van der Waals surface area (Å²) in [6.07, 6.45) is 2.52. The molecule has 0 spiro atoms. The van der Waals surface area contributed by atoms with Gasteiger partial charge in [-0.15, -0.1) is 0 Å². The van der Waals surface area contributed by atoms with Crippen molar-refractivity contribution in [3.8, 4) is 11.5 Å². The maximum absolute atomic E-state index is 12.1. The lowest BCUT2D eigenvalue weighted by atomic mass is 10.1. The molecule has 0 aliphatic heterocycles. The molecule has 2 aromatic heterocycles. The Bertz CT molecular complexity index is 1380. The van der Waals surface area contributed by atoms with Crippen molar-refractivity contribution in [1.82, 2.24) is 9.97 Å². The monoisotopic (exact) mass is 449 g/mol. The van der Waals surface area contributed by atoms with E-state index in [9.17, 15) is 4.79 Å². The fourth-order valence-corrected chi connectivity index (χ4v) is 3.59. The van der Waals surface area contributed by atoms with Crippen molar-refractivity contribution in [3.63, 3.8) is 0 Å². The molecule has 7 heteroatoms. The first kappa shape index (κ1) is 21.2. The van der Waals surface area contributed by atoms with Crippen LogP contribution < -0.4 is 16.0 Å². The average Bonchev–Trinajstić information content (AvgIpc) is 3.32. The summed E-state index contributed by atoms with van der Waals surface area (Å²) in [5.41, 5.74) is 5.65. The Labute approximate surface area is 196 Å². The first-order valence-electron chi connectivity index (χ1n) is 11.0. The fourth-order valence-electron chi connectivity index (χ4n) is 3.59. The second kappa shape index (κ2) is 9.87. The first-order valence-corrected chi connectivity index (χ1v) is 11.0. The van der Waals surface area contributed by atoms with E-state index in [0.29, 0.717) is 23.7 Å². The van der Waals surface area contributed by atoms with Crippen molar-refractivity contribution in [2.45, 2.75) is 6.42 Å². The summed E-state index contributed by atoms with van der Waals surface area (Å²) in [4.78, 5) is 21.1. The van der Waals surface area contributed by atoms with E-state index < -0.39 is 0 Å². The lowest BCUT2D eigenvalue weighted by molar-refractivity contribution is 0.262. The average molecular weight is 450 g/mol. The number of pyridine rings is 1. The zero-order valence-corrected chi connectivity index (χ0v) is 18.4. The Kier molecular flexibility index (Phi) is 6.16. The molecule has 0 bridgehead atoms. The summed E-state index contributed by atoms with van der Waals surface area (Å²) in [6.45, 7) is 0.716. The Morgan fingerprint density at radius 3 is 2.21 bits per heavy atom. The van der Waals surface area contributed by atoms with E-state index in [1.807, 2.05) is 91.0 Å². The van der Waals surface area contributed by atoms with Gasteiger partial charge in [0.15, 0.2) is 5.52 Å². The molecule has 5 rings (SSSR count). The Balaban J connectivity index is 1.17. The zero-order valence-electron chi connectivity index (χ0n) is 18.4. The van der Waals surface area contributed by atoms with Crippen LogP contribution >= 0.6 is 0 Å². The predicted molar refractivity (Wildman–Crippen MR) is 135 cm³/mol. The first-order chi connectivity index (χ1) is 16.7. The van der Waals surface area contributed by atoms with Gasteiger partial charge in [0.25, 0.3) is 0 Å². The number of hydrogen-bond donors (Lipinski definition) is 3. The molecular formula is C27H23N5O2. The Morgan fingerprint density at radius 1 is 0.794 bits per heavy atom. The van der Waals surface area contributed by atoms with Crippen LogP contribution in [0.5, 0.6) is 0 Å². The van der Waals surface area contributed by atoms with Gasteiger partial charge in [0, 0.05) is 29.7 Å². The second-order valence-corrected chi connectivity index (χ2v) is 7.72. The number of anilines is 3. The molecule has 0 saturated heterocycles. The van der Waals surface area contributed by atoms with E-state index in [1.54, 1.807) is 6.20 Å². The molecule has 0 radical (unpaired) electrons. The summed E-state index contributed by atoms with van der Waals surface area (Å²) in [5, 5.41) is 9.08. The zero-order chi connectivity index (χ0) is 23.2. The maximum Gasteiger partial charge on any atom is 0.323 e. The lowest BCUT2D eigenvalue weighted by Gasteiger charge is -2.09. The standard InChI is InChI=1S/C27H23N5O2/c33-27(30-21-9-5-2-6-10-21)31-22-13-11-19(12-14-22)15-17-28-23-16-18-29-26-24(23)32-25(34-26)20-7-3-1-4-8-20/h1-14,16,18H,15,17H2,(H,28,29)(H2,30,31,33). The van der Waals surface area contributed by atoms with Crippen LogP contribution in [0.15, 0.2) is 102 Å². The van der Waals surface area contributed by atoms with Crippen molar-refractivity contribution in [3.05, 3.63) is 103 Å². The van der Waals surface area contributed by atoms with Gasteiger partial charge in [0.1, 0.15) is 0 Å². The largest absolute Gasteiger partial charge is 0.418 e. The van der Waals surface area contributed by atoms with Gasteiger partial charge in [-0.2, -0.15) is 0 Å². The summed E-state index contributed by atoms with van der Waals surface area (Å²) in [5.74, 6) is 0.553. The van der Waals surface area contributed by atoms with Gasteiger partial charge in [0.2, 0.25) is 11.6 Å².